The molecule has 0 aliphatic heterocycles. The second kappa shape index (κ2) is 7.78. The van der Waals surface area contributed by atoms with Crippen LogP contribution in [-0.2, 0) is 4.79 Å². The van der Waals surface area contributed by atoms with Gasteiger partial charge in [-0.25, -0.2) is 0 Å². The van der Waals surface area contributed by atoms with Crippen molar-refractivity contribution in [2.24, 2.45) is 0 Å². The molecular weight excluding hydrogens is 270 g/mol. The molecule has 1 aromatic rings. The molecule has 5 nitrogen and oxygen atoms in total. The van der Waals surface area contributed by atoms with Crippen LogP contribution in [0.1, 0.15) is 35.9 Å². The van der Waals surface area contributed by atoms with Crippen LogP contribution in [0, 0.1) is 0 Å². The molecule has 3 N–H and O–H groups in total. The zero-order valence-corrected chi connectivity index (χ0v) is 11.6. The largest absolute Gasteiger partial charge is 0.302 e. The molecule has 98 valence electrons. The van der Waals surface area contributed by atoms with Gasteiger partial charge in [0.1, 0.15) is 0 Å². The highest BCUT2D eigenvalue weighted by atomic mass is 32.1. The van der Waals surface area contributed by atoms with Crippen molar-refractivity contribution in [1.82, 2.24) is 16.2 Å². The summed E-state index contributed by atoms with van der Waals surface area (Å²) >= 11 is 6.20. The fourth-order valence-electron chi connectivity index (χ4n) is 1.14. The Labute approximate surface area is 115 Å². The van der Waals surface area contributed by atoms with E-state index in [1.54, 1.807) is 17.5 Å². The maximum Gasteiger partial charge on any atom is 0.279 e. The van der Waals surface area contributed by atoms with Crippen LogP contribution in [0.3, 0.4) is 0 Å². The summed E-state index contributed by atoms with van der Waals surface area (Å²) in [5.41, 5.74) is 4.90. The van der Waals surface area contributed by atoms with E-state index in [9.17, 15) is 9.59 Å². The SMILES string of the molecule is CCCCC(=O)NC(=S)NNC(=O)c1cccs1. The van der Waals surface area contributed by atoms with Crippen LogP contribution in [0.4, 0.5) is 0 Å². The first-order valence-corrected chi connectivity index (χ1v) is 6.86. The van der Waals surface area contributed by atoms with Gasteiger partial charge in [-0.2, -0.15) is 0 Å². The van der Waals surface area contributed by atoms with Crippen LogP contribution in [-0.4, -0.2) is 16.9 Å². The fourth-order valence-corrected chi connectivity index (χ4v) is 1.92. The van der Waals surface area contributed by atoms with Crippen LogP contribution in [0.5, 0.6) is 0 Å². The molecule has 0 fully saturated rings. The summed E-state index contributed by atoms with van der Waals surface area (Å²) in [5, 5.41) is 4.39. The van der Waals surface area contributed by atoms with Crippen molar-refractivity contribution < 1.29 is 9.59 Å². The van der Waals surface area contributed by atoms with Gasteiger partial charge < -0.3 is 5.32 Å². The predicted molar refractivity (Wildman–Crippen MR) is 75.2 cm³/mol. The molecule has 2 amide bonds. The summed E-state index contributed by atoms with van der Waals surface area (Å²) in [6.45, 7) is 2.01. The van der Waals surface area contributed by atoms with Gasteiger partial charge in [-0.3, -0.25) is 20.4 Å². The maximum absolute atomic E-state index is 11.5. The normalized spacial score (nSPS) is 9.61. The fraction of sp³-hybridized carbons (Fsp3) is 0.364. The van der Waals surface area contributed by atoms with Crippen molar-refractivity contribution >= 4 is 40.5 Å². The van der Waals surface area contributed by atoms with Crippen LogP contribution in [0.2, 0.25) is 0 Å². The third-order valence-corrected chi connectivity index (χ3v) is 3.12. The number of hydrogen-bond acceptors (Lipinski definition) is 4. The van der Waals surface area contributed by atoms with Gasteiger partial charge >= 0.3 is 0 Å². The van der Waals surface area contributed by atoms with Crippen LogP contribution >= 0.6 is 23.6 Å². The van der Waals surface area contributed by atoms with Crippen LogP contribution < -0.4 is 16.2 Å². The molecule has 18 heavy (non-hydrogen) atoms. The molecule has 0 bridgehead atoms. The van der Waals surface area contributed by atoms with E-state index in [2.05, 4.69) is 16.2 Å². The molecule has 0 atom stereocenters. The Morgan fingerprint density at radius 2 is 2.17 bits per heavy atom. The number of rotatable bonds is 4. The van der Waals surface area contributed by atoms with Gasteiger partial charge in [0.25, 0.3) is 5.91 Å². The number of hydrazine groups is 1. The Morgan fingerprint density at radius 3 is 2.78 bits per heavy atom. The molecule has 7 heteroatoms. The van der Waals surface area contributed by atoms with Gasteiger partial charge in [0.2, 0.25) is 5.91 Å². The summed E-state index contributed by atoms with van der Waals surface area (Å²) in [5.74, 6) is -0.435. The Morgan fingerprint density at radius 1 is 1.39 bits per heavy atom. The first-order valence-electron chi connectivity index (χ1n) is 5.57. The second-order valence-corrected chi connectivity index (χ2v) is 4.89. The van der Waals surface area contributed by atoms with Crippen LogP contribution in [0.25, 0.3) is 0 Å². The van der Waals surface area contributed by atoms with E-state index < -0.39 is 0 Å². The van der Waals surface area contributed by atoms with E-state index in [1.807, 2.05) is 6.92 Å². The summed E-state index contributed by atoms with van der Waals surface area (Å²) < 4.78 is 0. The lowest BCUT2D eigenvalue weighted by Gasteiger charge is -2.09. The smallest absolute Gasteiger partial charge is 0.279 e. The van der Waals surface area contributed by atoms with E-state index in [0.717, 1.165) is 12.8 Å². The number of unbranched alkanes of at least 4 members (excludes halogenated alkanes) is 1. The maximum atomic E-state index is 11.5. The summed E-state index contributed by atoms with van der Waals surface area (Å²) in [7, 11) is 0. The standard InChI is InChI=1S/C11H15N3O2S2/c1-2-3-6-9(15)12-11(17)14-13-10(16)8-5-4-7-18-8/h4-5,7H,2-3,6H2,1H3,(H,13,16)(H2,12,14,15,17). The van der Waals surface area contributed by atoms with Crippen molar-refractivity contribution in [2.75, 3.05) is 0 Å². The van der Waals surface area contributed by atoms with Gasteiger partial charge in [0, 0.05) is 6.42 Å². The lowest BCUT2D eigenvalue weighted by Crippen LogP contribution is -2.48. The van der Waals surface area contributed by atoms with Crippen molar-refractivity contribution in [3.05, 3.63) is 22.4 Å². The van der Waals surface area contributed by atoms with Gasteiger partial charge in [-0.1, -0.05) is 19.4 Å². The highest BCUT2D eigenvalue weighted by Crippen LogP contribution is 2.06. The average Bonchev–Trinajstić information content (AvgIpc) is 2.87. The highest BCUT2D eigenvalue weighted by molar-refractivity contribution is 7.80. The lowest BCUT2D eigenvalue weighted by molar-refractivity contribution is -0.119. The molecule has 1 rings (SSSR count). The Bertz CT molecular complexity index is 418. The molecule has 0 aliphatic carbocycles. The first-order chi connectivity index (χ1) is 8.63. The highest BCUT2D eigenvalue weighted by Gasteiger charge is 2.07. The van der Waals surface area contributed by atoms with E-state index in [1.165, 1.54) is 11.3 Å². The minimum absolute atomic E-state index is 0.0982. The zero-order valence-electron chi connectivity index (χ0n) is 9.99. The summed E-state index contributed by atoms with van der Waals surface area (Å²) in [6, 6.07) is 3.48. The quantitative estimate of drug-likeness (QED) is 0.580. The Hall–Kier alpha value is -1.47. The predicted octanol–water partition coefficient (Wildman–Crippen LogP) is 1.57. The Kier molecular flexibility index (Phi) is 6.31. The Balaban J connectivity index is 2.25. The molecule has 0 aromatic carbocycles. The number of carbonyl (C=O) groups excluding carboxylic acids is 2. The molecule has 0 radical (unpaired) electrons. The minimum atomic E-state index is -0.282. The molecule has 0 unspecified atom stereocenters. The second-order valence-electron chi connectivity index (χ2n) is 3.54. The third-order valence-electron chi connectivity index (χ3n) is 2.04. The number of nitrogens with one attached hydrogen (secondary N) is 3. The van der Waals surface area contributed by atoms with E-state index in [4.69, 9.17) is 12.2 Å². The van der Waals surface area contributed by atoms with E-state index >= 15 is 0 Å². The van der Waals surface area contributed by atoms with Gasteiger partial charge in [0.15, 0.2) is 5.11 Å². The molecule has 1 aromatic heterocycles. The van der Waals surface area contributed by atoms with Crippen molar-refractivity contribution in [3.8, 4) is 0 Å². The zero-order chi connectivity index (χ0) is 13.4. The van der Waals surface area contributed by atoms with Gasteiger partial charge in [-0.05, 0) is 30.1 Å². The lowest BCUT2D eigenvalue weighted by atomic mass is 10.2. The van der Waals surface area contributed by atoms with Crippen LogP contribution in [0.15, 0.2) is 17.5 Å². The first kappa shape index (κ1) is 14.6. The number of thiocarbonyl (C=S) groups is 1. The summed E-state index contributed by atoms with van der Waals surface area (Å²) in [6.07, 6.45) is 2.19. The number of carbonyl (C=O) groups is 2. The van der Waals surface area contributed by atoms with Crippen molar-refractivity contribution in [3.63, 3.8) is 0 Å². The van der Waals surface area contributed by atoms with Crippen molar-refractivity contribution in [2.45, 2.75) is 26.2 Å². The van der Waals surface area contributed by atoms with E-state index in [0.29, 0.717) is 11.3 Å². The molecule has 0 spiro atoms. The number of thiophene rings is 1. The molecular formula is C11H15N3O2S2. The number of amides is 2. The van der Waals surface area contributed by atoms with Gasteiger partial charge in [-0.15, -0.1) is 11.3 Å². The monoisotopic (exact) mass is 285 g/mol. The molecule has 0 aliphatic rings. The topological polar surface area (TPSA) is 70.2 Å². The van der Waals surface area contributed by atoms with Gasteiger partial charge in [0.05, 0.1) is 4.88 Å². The van der Waals surface area contributed by atoms with Crippen molar-refractivity contribution in [1.29, 1.82) is 0 Å². The average molecular weight is 285 g/mol. The third kappa shape index (κ3) is 5.24. The minimum Gasteiger partial charge on any atom is -0.302 e. The summed E-state index contributed by atoms with van der Waals surface area (Å²) in [4.78, 5) is 23.4. The number of hydrogen-bond donors (Lipinski definition) is 3. The van der Waals surface area contributed by atoms with E-state index in [-0.39, 0.29) is 16.9 Å². The molecule has 1 heterocycles. The molecule has 0 saturated heterocycles. The molecule has 0 saturated carbocycles.